The number of piperidine rings is 1. The molecule has 0 radical (unpaired) electrons. The quantitative estimate of drug-likeness (QED) is 0.656. The summed E-state index contributed by atoms with van der Waals surface area (Å²) in [5.74, 6) is 0.638. The first-order valence-corrected chi connectivity index (χ1v) is 9.34. The Morgan fingerprint density at radius 3 is 2.62 bits per heavy atom. The molecule has 0 amide bonds. The maximum absolute atomic E-state index is 6.04. The SMILES string of the molecule is Clc1ccc(-n2ccc(OCCCCN3CCCCC3)n2)cc1Cl. The van der Waals surface area contributed by atoms with Gasteiger partial charge in [0, 0.05) is 12.3 Å². The van der Waals surface area contributed by atoms with Gasteiger partial charge in [-0.3, -0.25) is 0 Å². The zero-order valence-corrected chi connectivity index (χ0v) is 15.3. The first-order valence-electron chi connectivity index (χ1n) is 8.58. The van der Waals surface area contributed by atoms with Gasteiger partial charge in [-0.05, 0) is 63.5 Å². The predicted octanol–water partition coefficient (Wildman–Crippen LogP) is 4.82. The van der Waals surface area contributed by atoms with Gasteiger partial charge < -0.3 is 9.64 Å². The van der Waals surface area contributed by atoms with Gasteiger partial charge in [-0.1, -0.05) is 29.6 Å². The molecule has 4 nitrogen and oxygen atoms in total. The second kappa shape index (κ2) is 8.75. The lowest BCUT2D eigenvalue weighted by Gasteiger charge is -2.26. The van der Waals surface area contributed by atoms with E-state index in [1.54, 1.807) is 16.8 Å². The van der Waals surface area contributed by atoms with Crippen LogP contribution in [-0.2, 0) is 0 Å². The van der Waals surface area contributed by atoms with Crippen LogP contribution < -0.4 is 4.74 Å². The van der Waals surface area contributed by atoms with Crippen LogP contribution in [0.5, 0.6) is 5.88 Å². The third-order valence-corrected chi connectivity index (χ3v) is 5.04. The lowest BCUT2D eigenvalue weighted by atomic mass is 10.1. The zero-order valence-electron chi connectivity index (χ0n) is 13.8. The number of nitrogens with zero attached hydrogens (tertiary/aromatic N) is 3. The number of likely N-dealkylation sites (tertiary alicyclic amines) is 1. The Hall–Kier alpha value is -1.23. The van der Waals surface area contributed by atoms with E-state index in [-0.39, 0.29) is 0 Å². The van der Waals surface area contributed by atoms with Gasteiger partial charge in [-0.25, -0.2) is 4.68 Å². The molecule has 130 valence electrons. The summed E-state index contributed by atoms with van der Waals surface area (Å²) in [6.45, 7) is 4.40. The smallest absolute Gasteiger partial charge is 0.233 e. The highest BCUT2D eigenvalue weighted by Gasteiger charge is 2.09. The summed E-state index contributed by atoms with van der Waals surface area (Å²) in [7, 11) is 0. The summed E-state index contributed by atoms with van der Waals surface area (Å²) < 4.78 is 7.48. The van der Waals surface area contributed by atoms with Gasteiger partial charge in [0.1, 0.15) is 0 Å². The fourth-order valence-electron chi connectivity index (χ4n) is 2.95. The van der Waals surface area contributed by atoms with Crippen LogP contribution in [0.15, 0.2) is 30.5 Å². The van der Waals surface area contributed by atoms with Crippen molar-refractivity contribution in [1.82, 2.24) is 14.7 Å². The number of rotatable bonds is 7. The van der Waals surface area contributed by atoms with E-state index in [0.717, 1.165) is 12.1 Å². The van der Waals surface area contributed by atoms with E-state index in [1.807, 2.05) is 18.3 Å². The summed E-state index contributed by atoms with van der Waals surface area (Å²) >= 11 is 12.0. The van der Waals surface area contributed by atoms with E-state index in [0.29, 0.717) is 22.5 Å². The van der Waals surface area contributed by atoms with Gasteiger partial charge >= 0.3 is 0 Å². The van der Waals surface area contributed by atoms with E-state index in [9.17, 15) is 0 Å². The van der Waals surface area contributed by atoms with Crippen LogP contribution in [0.1, 0.15) is 32.1 Å². The molecular formula is C18H23Cl2N3O. The van der Waals surface area contributed by atoms with Crippen molar-refractivity contribution in [3.8, 4) is 11.6 Å². The van der Waals surface area contributed by atoms with Crippen molar-refractivity contribution in [2.45, 2.75) is 32.1 Å². The van der Waals surface area contributed by atoms with Gasteiger partial charge in [-0.15, -0.1) is 5.10 Å². The van der Waals surface area contributed by atoms with Gasteiger partial charge in [-0.2, -0.15) is 0 Å². The number of aromatic nitrogens is 2. The number of benzene rings is 1. The maximum Gasteiger partial charge on any atom is 0.233 e. The van der Waals surface area contributed by atoms with Crippen molar-refractivity contribution in [1.29, 1.82) is 0 Å². The second-order valence-corrected chi connectivity index (χ2v) is 6.97. The number of halogens is 2. The van der Waals surface area contributed by atoms with Crippen molar-refractivity contribution >= 4 is 23.2 Å². The summed E-state index contributed by atoms with van der Waals surface area (Å²) in [5, 5.41) is 5.48. The van der Waals surface area contributed by atoms with Crippen LogP contribution >= 0.6 is 23.2 Å². The lowest BCUT2D eigenvalue weighted by molar-refractivity contribution is 0.214. The van der Waals surface area contributed by atoms with Gasteiger partial charge in [0.25, 0.3) is 0 Å². The second-order valence-electron chi connectivity index (χ2n) is 6.15. The summed E-state index contributed by atoms with van der Waals surface area (Å²) in [6, 6.07) is 7.30. The molecule has 3 rings (SSSR count). The van der Waals surface area contributed by atoms with Crippen LogP contribution in [0.3, 0.4) is 0 Å². The monoisotopic (exact) mass is 367 g/mol. The van der Waals surface area contributed by atoms with E-state index in [2.05, 4.69) is 10.00 Å². The highest BCUT2D eigenvalue weighted by atomic mass is 35.5. The molecule has 0 N–H and O–H groups in total. The Bertz CT molecular complexity index is 653. The van der Waals surface area contributed by atoms with Crippen molar-refractivity contribution < 1.29 is 4.74 Å². The molecule has 0 spiro atoms. The van der Waals surface area contributed by atoms with Crippen LogP contribution in [0.2, 0.25) is 10.0 Å². The molecule has 0 aliphatic carbocycles. The minimum absolute atomic E-state index is 0.518. The summed E-state index contributed by atoms with van der Waals surface area (Å²) in [5.41, 5.74) is 0.865. The topological polar surface area (TPSA) is 30.3 Å². The van der Waals surface area contributed by atoms with Gasteiger partial charge in [0.05, 0.1) is 22.3 Å². The average molecular weight is 368 g/mol. The molecule has 1 aromatic heterocycles. The molecule has 0 atom stereocenters. The zero-order chi connectivity index (χ0) is 16.8. The van der Waals surface area contributed by atoms with Crippen molar-refractivity contribution in [3.63, 3.8) is 0 Å². The first-order chi connectivity index (χ1) is 11.7. The largest absolute Gasteiger partial charge is 0.477 e. The molecule has 1 fully saturated rings. The molecule has 1 saturated heterocycles. The maximum atomic E-state index is 6.04. The minimum Gasteiger partial charge on any atom is -0.477 e. The Morgan fingerprint density at radius 1 is 1.00 bits per heavy atom. The van der Waals surface area contributed by atoms with E-state index in [4.69, 9.17) is 27.9 Å². The molecule has 0 saturated carbocycles. The number of hydrogen-bond acceptors (Lipinski definition) is 3. The Morgan fingerprint density at radius 2 is 1.83 bits per heavy atom. The average Bonchev–Trinajstić information content (AvgIpc) is 3.07. The fraction of sp³-hybridized carbons (Fsp3) is 0.500. The van der Waals surface area contributed by atoms with Gasteiger partial charge in [0.2, 0.25) is 5.88 Å². The van der Waals surface area contributed by atoms with Crippen molar-refractivity contribution in [2.75, 3.05) is 26.2 Å². The predicted molar refractivity (Wildman–Crippen MR) is 98.6 cm³/mol. The van der Waals surface area contributed by atoms with Crippen LogP contribution in [0, 0.1) is 0 Å². The van der Waals surface area contributed by atoms with Crippen LogP contribution in [-0.4, -0.2) is 40.9 Å². The molecule has 24 heavy (non-hydrogen) atoms. The van der Waals surface area contributed by atoms with Crippen LogP contribution in [0.4, 0.5) is 0 Å². The van der Waals surface area contributed by atoms with E-state index < -0.39 is 0 Å². The Balaban J connectivity index is 1.41. The van der Waals surface area contributed by atoms with E-state index >= 15 is 0 Å². The Kier molecular flexibility index (Phi) is 6.41. The molecular weight excluding hydrogens is 345 g/mol. The highest BCUT2D eigenvalue weighted by Crippen LogP contribution is 2.24. The highest BCUT2D eigenvalue weighted by molar-refractivity contribution is 6.42. The van der Waals surface area contributed by atoms with Crippen LogP contribution in [0.25, 0.3) is 5.69 Å². The molecule has 1 aliphatic rings. The number of unbranched alkanes of at least 4 members (excludes halogenated alkanes) is 1. The molecule has 6 heteroatoms. The van der Waals surface area contributed by atoms with Crippen molar-refractivity contribution in [3.05, 3.63) is 40.5 Å². The first kappa shape index (κ1) is 17.6. The molecule has 1 aromatic carbocycles. The fourth-order valence-corrected chi connectivity index (χ4v) is 3.25. The standard InChI is InChI=1S/C18H23Cl2N3O/c19-16-7-6-15(14-17(16)20)23-12-8-18(21-23)24-13-5-4-11-22-9-2-1-3-10-22/h6-8,12,14H,1-5,9-11,13H2. The molecule has 2 aromatic rings. The molecule has 1 aliphatic heterocycles. The molecule has 2 heterocycles. The summed E-state index contributed by atoms with van der Waals surface area (Å²) in [6.07, 6.45) is 8.18. The van der Waals surface area contributed by atoms with E-state index in [1.165, 1.54) is 45.3 Å². The molecule has 0 bridgehead atoms. The third kappa shape index (κ3) is 4.88. The Labute approximate surface area is 153 Å². The minimum atomic E-state index is 0.518. The van der Waals surface area contributed by atoms with Gasteiger partial charge in [0.15, 0.2) is 0 Å². The third-order valence-electron chi connectivity index (χ3n) is 4.30. The number of ether oxygens (including phenoxy) is 1. The normalized spacial score (nSPS) is 15.6. The lowest BCUT2D eigenvalue weighted by Crippen LogP contribution is -2.30. The van der Waals surface area contributed by atoms with Crippen molar-refractivity contribution in [2.24, 2.45) is 0 Å². The summed E-state index contributed by atoms with van der Waals surface area (Å²) in [4.78, 5) is 2.56. The number of hydrogen-bond donors (Lipinski definition) is 0. The molecule has 0 unspecified atom stereocenters.